The third kappa shape index (κ3) is 2.90. The molecule has 3 heterocycles. The summed E-state index contributed by atoms with van der Waals surface area (Å²) in [4.78, 5) is 27.7. The second-order valence-corrected chi connectivity index (χ2v) is 7.82. The van der Waals surface area contributed by atoms with E-state index in [0.717, 1.165) is 38.9 Å². The van der Waals surface area contributed by atoms with Crippen molar-refractivity contribution >= 4 is 16.8 Å². The third-order valence-electron chi connectivity index (χ3n) is 5.70. The van der Waals surface area contributed by atoms with E-state index in [2.05, 4.69) is 35.9 Å². The van der Waals surface area contributed by atoms with Crippen LogP contribution in [0.4, 0.5) is 0 Å². The number of H-pyrrole nitrogens is 1. The topological polar surface area (TPSA) is 61.9 Å². The van der Waals surface area contributed by atoms with Crippen molar-refractivity contribution in [1.29, 1.82) is 0 Å². The second kappa shape index (κ2) is 6.55. The minimum Gasteiger partial charge on any atom is -0.350 e. The number of amides is 1. The van der Waals surface area contributed by atoms with Crippen molar-refractivity contribution in [2.24, 2.45) is 0 Å². The number of aromatic amines is 1. The van der Waals surface area contributed by atoms with Crippen LogP contribution in [0, 0.1) is 20.8 Å². The van der Waals surface area contributed by atoms with Crippen LogP contribution in [0.5, 0.6) is 0 Å². The smallest absolute Gasteiger partial charge is 0.271 e. The standard InChI is InChI=1S/C24H22N4O/c1-14-9-15(2)21-19(10-14)16(3)22(27-21)24(29)28-12-18-11-25-23(26-20(18)13-28)17-7-5-4-6-8-17/h4-11,27H,12-13H2,1-3H3. The number of carbonyl (C=O) groups is 1. The average molecular weight is 382 g/mol. The van der Waals surface area contributed by atoms with Crippen LogP contribution in [0.1, 0.15) is 38.4 Å². The van der Waals surface area contributed by atoms with Gasteiger partial charge in [-0.25, -0.2) is 9.97 Å². The lowest BCUT2D eigenvalue weighted by Gasteiger charge is -2.14. The predicted molar refractivity (Wildman–Crippen MR) is 114 cm³/mol. The zero-order valence-corrected chi connectivity index (χ0v) is 16.8. The molecule has 5 nitrogen and oxygen atoms in total. The highest BCUT2D eigenvalue weighted by molar-refractivity contribution is 6.01. The normalized spacial score (nSPS) is 13.1. The maximum atomic E-state index is 13.3. The van der Waals surface area contributed by atoms with Gasteiger partial charge in [-0.2, -0.15) is 0 Å². The summed E-state index contributed by atoms with van der Waals surface area (Å²) in [6.45, 7) is 7.22. The fraction of sp³-hybridized carbons (Fsp3) is 0.208. The quantitative estimate of drug-likeness (QED) is 0.546. The van der Waals surface area contributed by atoms with Crippen molar-refractivity contribution in [3.63, 3.8) is 0 Å². The van der Waals surface area contributed by atoms with E-state index in [-0.39, 0.29) is 5.91 Å². The molecule has 0 spiro atoms. The molecule has 1 N–H and O–H groups in total. The largest absolute Gasteiger partial charge is 0.350 e. The summed E-state index contributed by atoms with van der Waals surface area (Å²) in [6, 6.07) is 14.2. The lowest BCUT2D eigenvalue weighted by atomic mass is 10.1. The fourth-order valence-electron chi connectivity index (χ4n) is 4.18. The molecule has 2 aromatic heterocycles. The predicted octanol–water partition coefficient (Wildman–Crippen LogP) is 4.71. The highest BCUT2D eigenvalue weighted by atomic mass is 16.2. The number of nitrogens with one attached hydrogen (secondary N) is 1. The van der Waals surface area contributed by atoms with Gasteiger partial charge in [0, 0.05) is 34.8 Å². The van der Waals surface area contributed by atoms with Gasteiger partial charge in [-0.15, -0.1) is 0 Å². The number of aryl methyl sites for hydroxylation is 3. The molecular formula is C24H22N4O. The average Bonchev–Trinajstić information content (AvgIpc) is 3.29. The van der Waals surface area contributed by atoms with Crippen LogP contribution in [-0.2, 0) is 13.1 Å². The van der Waals surface area contributed by atoms with Gasteiger partial charge in [0.2, 0.25) is 0 Å². The minimum atomic E-state index is 0.00927. The first-order valence-corrected chi connectivity index (χ1v) is 9.80. The van der Waals surface area contributed by atoms with Crippen molar-refractivity contribution in [3.05, 3.63) is 82.3 Å². The molecular weight excluding hydrogens is 360 g/mol. The van der Waals surface area contributed by atoms with Gasteiger partial charge in [0.25, 0.3) is 5.91 Å². The van der Waals surface area contributed by atoms with Crippen LogP contribution >= 0.6 is 0 Å². The Morgan fingerprint density at radius 3 is 2.66 bits per heavy atom. The summed E-state index contributed by atoms with van der Waals surface area (Å²) in [7, 11) is 0. The van der Waals surface area contributed by atoms with E-state index in [4.69, 9.17) is 4.98 Å². The van der Waals surface area contributed by atoms with Gasteiger partial charge in [0.05, 0.1) is 12.2 Å². The van der Waals surface area contributed by atoms with Gasteiger partial charge in [0.15, 0.2) is 5.82 Å². The molecule has 4 aromatic rings. The molecule has 0 bridgehead atoms. The Labute approximate surface area is 169 Å². The fourth-order valence-corrected chi connectivity index (χ4v) is 4.18. The monoisotopic (exact) mass is 382 g/mol. The van der Waals surface area contributed by atoms with Crippen LogP contribution in [0.2, 0.25) is 0 Å². The zero-order chi connectivity index (χ0) is 20.1. The Bertz CT molecular complexity index is 1260. The second-order valence-electron chi connectivity index (χ2n) is 7.82. The Morgan fingerprint density at radius 2 is 1.86 bits per heavy atom. The molecule has 144 valence electrons. The Kier molecular flexibility index (Phi) is 3.98. The van der Waals surface area contributed by atoms with Crippen LogP contribution in [0.3, 0.4) is 0 Å². The zero-order valence-electron chi connectivity index (χ0n) is 16.8. The lowest BCUT2D eigenvalue weighted by Crippen LogP contribution is -2.26. The number of fused-ring (bicyclic) bond motifs is 2. The SMILES string of the molecule is Cc1cc(C)c2[nH]c(C(=O)N3Cc4cnc(-c5ccccc5)nc4C3)c(C)c2c1. The van der Waals surface area contributed by atoms with E-state index in [1.54, 1.807) is 0 Å². The van der Waals surface area contributed by atoms with E-state index in [0.29, 0.717) is 24.6 Å². The van der Waals surface area contributed by atoms with Crippen molar-refractivity contribution in [3.8, 4) is 11.4 Å². The van der Waals surface area contributed by atoms with Crippen LogP contribution < -0.4 is 0 Å². The molecule has 0 saturated heterocycles. The number of hydrogen-bond acceptors (Lipinski definition) is 3. The van der Waals surface area contributed by atoms with Crippen LogP contribution in [-0.4, -0.2) is 25.8 Å². The molecule has 0 radical (unpaired) electrons. The van der Waals surface area contributed by atoms with Crippen molar-refractivity contribution in [2.75, 3.05) is 0 Å². The van der Waals surface area contributed by atoms with E-state index in [1.807, 2.05) is 48.4 Å². The first kappa shape index (κ1) is 17.6. The molecule has 0 aliphatic carbocycles. The molecule has 5 heteroatoms. The molecule has 0 fully saturated rings. The number of rotatable bonds is 2. The number of aromatic nitrogens is 3. The van der Waals surface area contributed by atoms with E-state index in [1.165, 1.54) is 5.56 Å². The summed E-state index contributed by atoms with van der Waals surface area (Å²) < 4.78 is 0. The molecule has 1 aliphatic rings. The van der Waals surface area contributed by atoms with Gasteiger partial charge in [0.1, 0.15) is 5.69 Å². The first-order chi connectivity index (χ1) is 14.0. The first-order valence-electron chi connectivity index (χ1n) is 9.80. The van der Waals surface area contributed by atoms with Crippen molar-refractivity contribution in [2.45, 2.75) is 33.9 Å². The highest BCUT2D eigenvalue weighted by Crippen LogP contribution is 2.29. The summed E-state index contributed by atoms with van der Waals surface area (Å²) in [5.41, 5.74) is 7.99. The summed E-state index contributed by atoms with van der Waals surface area (Å²) in [5, 5.41) is 1.12. The third-order valence-corrected chi connectivity index (χ3v) is 5.70. The van der Waals surface area contributed by atoms with E-state index < -0.39 is 0 Å². The van der Waals surface area contributed by atoms with Gasteiger partial charge >= 0.3 is 0 Å². The summed E-state index contributed by atoms with van der Waals surface area (Å²) in [6.07, 6.45) is 1.85. The minimum absolute atomic E-state index is 0.00927. The van der Waals surface area contributed by atoms with E-state index >= 15 is 0 Å². The summed E-state index contributed by atoms with van der Waals surface area (Å²) in [5.74, 6) is 0.710. The maximum Gasteiger partial charge on any atom is 0.271 e. The lowest BCUT2D eigenvalue weighted by molar-refractivity contribution is 0.0744. The molecule has 2 aromatic carbocycles. The van der Waals surface area contributed by atoms with Crippen molar-refractivity contribution < 1.29 is 4.79 Å². The van der Waals surface area contributed by atoms with Crippen LogP contribution in [0.25, 0.3) is 22.3 Å². The Hall–Kier alpha value is -3.47. The van der Waals surface area contributed by atoms with Crippen LogP contribution in [0.15, 0.2) is 48.7 Å². The van der Waals surface area contributed by atoms with Gasteiger partial charge < -0.3 is 9.88 Å². The molecule has 0 unspecified atom stereocenters. The van der Waals surface area contributed by atoms with E-state index in [9.17, 15) is 4.79 Å². The van der Waals surface area contributed by atoms with Crippen molar-refractivity contribution in [1.82, 2.24) is 19.9 Å². The molecule has 1 aliphatic heterocycles. The molecule has 29 heavy (non-hydrogen) atoms. The number of nitrogens with zero attached hydrogens (tertiary/aromatic N) is 3. The number of carbonyl (C=O) groups excluding carboxylic acids is 1. The number of benzene rings is 2. The molecule has 0 atom stereocenters. The summed E-state index contributed by atoms with van der Waals surface area (Å²) >= 11 is 0. The number of hydrogen-bond donors (Lipinski definition) is 1. The Morgan fingerprint density at radius 1 is 1.07 bits per heavy atom. The van der Waals surface area contributed by atoms with Gasteiger partial charge in [-0.05, 0) is 38.0 Å². The Balaban J connectivity index is 1.46. The molecule has 0 saturated carbocycles. The molecule has 1 amide bonds. The van der Waals surface area contributed by atoms with Gasteiger partial charge in [-0.1, -0.05) is 42.0 Å². The highest BCUT2D eigenvalue weighted by Gasteiger charge is 2.28. The maximum absolute atomic E-state index is 13.3. The molecule has 5 rings (SSSR count). The van der Waals surface area contributed by atoms with Gasteiger partial charge in [-0.3, -0.25) is 4.79 Å².